The third-order valence-electron chi connectivity index (χ3n) is 4.82. The van der Waals surface area contributed by atoms with Crippen LogP contribution in [0.25, 0.3) is 6.08 Å². The molecule has 0 unspecified atom stereocenters. The van der Waals surface area contributed by atoms with Crippen LogP contribution in [0.2, 0.25) is 0 Å². The molecule has 0 N–H and O–H groups in total. The fourth-order valence-corrected chi connectivity index (χ4v) is 4.93. The van der Waals surface area contributed by atoms with Crippen LogP contribution in [0.3, 0.4) is 0 Å². The van der Waals surface area contributed by atoms with Gasteiger partial charge in [-0.3, -0.25) is 9.69 Å². The third kappa shape index (κ3) is 6.04. The van der Waals surface area contributed by atoms with Crippen LogP contribution in [-0.4, -0.2) is 22.5 Å². The van der Waals surface area contributed by atoms with Crippen LogP contribution < -0.4 is 4.74 Å². The van der Waals surface area contributed by atoms with E-state index in [0.29, 0.717) is 34.7 Å². The summed E-state index contributed by atoms with van der Waals surface area (Å²) in [6.07, 6.45) is 1.83. The molecule has 33 heavy (non-hydrogen) atoms. The van der Waals surface area contributed by atoms with E-state index in [2.05, 4.69) is 43.5 Å². The second kappa shape index (κ2) is 10.8. The molecule has 8 heteroatoms. The maximum atomic E-state index is 13.2. The largest absolute Gasteiger partial charge is 0.488 e. The topological polar surface area (TPSA) is 41.9 Å². The van der Waals surface area contributed by atoms with Gasteiger partial charge < -0.3 is 4.74 Å². The fourth-order valence-electron chi connectivity index (χ4n) is 3.14. The van der Waals surface area contributed by atoms with E-state index in [-0.39, 0.29) is 11.7 Å². The van der Waals surface area contributed by atoms with Gasteiger partial charge in [-0.05, 0) is 108 Å². The summed E-state index contributed by atoms with van der Waals surface area (Å²) in [6, 6.07) is 19.8. The number of amidine groups is 1. The molecule has 0 radical (unpaired) electrons. The summed E-state index contributed by atoms with van der Waals surface area (Å²) in [5.74, 6) is 0.242. The molecule has 1 fully saturated rings. The Bertz CT molecular complexity index is 1230. The zero-order chi connectivity index (χ0) is 23.4. The van der Waals surface area contributed by atoms with Crippen molar-refractivity contribution in [2.24, 2.45) is 4.99 Å². The number of hydrogen-bond acceptors (Lipinski definition) is 4. The number of carbonyl (C=O) groups is 1. The Labute approximate surface area is 218 Å². The van der Waals surface area contributed by atoms with Gasteiger partial charge >= 0.3 is 0 Å². The summed E-state index contributed by atoms with van der Waals surface area (Å²) in [7, 11) is 0. The highest BCUT2D eigenvalue weighted by molar-refractivity contribution is 14.1. The van der Waals surface area contributed by atoms with Gasteiger partial charge in [0, 0.05) is 20.2 Å². The van der Waals surface area contributed by atoms with Crippen molar-refractivity contribution >= 4 is 73.1 Å². The lowest BCUT2D eigenvalue weighted by Gasteiger charge is -2.12. The number of rotatable bonds is 6. The zero-order valence-corrected chi connectivity index (χ0v) is 22.2. The number of likely N-dealkylation sites (N-methyl/N-ethyl adjacent to an activating group) is 1. The standard InChI is InChI=1S/C25H19BrFIN2O2S/c1-2-30-24(31)23(33-25(30)29-21-10-6-19(27)7-11-21)14-17-13-18(26)5-12-22(17)32-15-16-3-8-20(28)9-4-16/h3-14H,2,15H2,1H3/b23-14+,29-25?. The molecule has 0 bridgehead atoms. The number of amides is 1. The van der Waals surface area contributed by atoms with Gasteiger partial charge in [0.25, 0.3) is 5.91 Å². The van der Waals surface area contributed by atoms with Crippen molar-refractivity contribution in [3.8, 4) is 5.75 Å². The van der Waals surface area contributed by atoms with E-state index in [4.69, 9.17) is 4.74 Å². The number of carbonyl (C=O) groups excluding carboxylic acids is 1. The zero-order valence-electron chi connectivity index (χ0n) is 17.6. The second-order valence-corrected chi connectivity index (χ2v) is 10.3. The lowest BCUT2D eigenvalue weighted by atomic mass is 10.1. The minimum absolute atomic E-state index is 0.119. The normalized spacial score (nSPS) is 16.1. The van der Waals surface area contributed by atoms with Gasteiger partial charge in [-0.2, -0.15) is 0 Å². The predicted molar refractivity (Wildman–Crippen MR) is 144 cm³/mol. The Balaban J connectivity index is 1.60. The molecule has 0 saturated carbocycles. The summed E-state index contributed by atoms with van der Waals surface area (Å²) in [4.78, 5) is 19.8. The number of nitrogens with zero attached hydrogens (tertiary/aromatic N) is 2. The smallest absolute Gasteiger partial charge is 0.266 e. The van der Waals surface area contributed by atoms with Gasteiger partial charge in [-0.15, -0.1) is 0 Å². The minimum atomic E-state index is -0.325. The molecule has 1 saturated heterocycles. The van der Waals surface area contributed by atoms with Gasteiger partial charge in [0.2, 0.25) is 0 Å². The van der Waals surface area contributed by atoms with Crippen LogP contribution in [0.15, 0.2) is 81.1 Å². The van der Waals surface area contributed by atoms with Crippen molar-refractivity contribution in [3.05, 3.63) is 96.6 Å². The Morgan fingerprint density at radius 3 is 2.55 bits per heavy atom. The summed E-state index contributed by atoms with van der Waals surface area (Å²) < 4.78 is 21.4. The highest BCUT2D eigenvalue weighted by atomic mass is 127. The van der Waals surface area contributed by atoms with Crippen molar-refractivity contribution in [2.75, 3.05) is 6.54 Å². The number of ether oxygens (including phenoxy) is 1. The molecule has 0 aliphatic carbocycles. The van der Waals surface area contributed by atoms with E-state index in [1.165, 1.54) is 27.5 Å². The highest BCUT2D eigenvalue weighted by Gasteiger charge is 2.32. The minimum Gasteiger partial charge on any atom is -0.488 e. The summed E-state index contributed by atoms with van der Waals surface area (Å²) in [5.41, 5.74) is 2.45. The second-order valence-electron chi connectivity index (χ2n) is 7.13. The third-order valence-corrected chi connectivity index (χ3v) is 7.04. The molecule has 1 amide bonds. The average Bonchev–Trinajstić information content (AvgIpc) is 3.09. The van der Waals surface area contributed by atoms with E-state index < -0.39 is 0 Å². The van der Waals surface area contributed by atoms with Crippen molar-refractivity contribution in [3.63, 3.8) is 0 Å². The lowest BCUT2D eigenvalue weighted by molar-refractivity contribution is -0.122. The lowest BCUT2D eigenvalue weighted by Crippen LogP contribution is -2.28. The van der Waals surface area contributed by atoms with Crippen molar-refractivity contribution < 1.29 is 13.9 Å². The van der Waals surface area contributed by atoms with Gasteiger partial charge in [0.15, 0.2) is 5.17 Å². The van der Waals surface area contributed by atoms with Crippen LogP contribution in [0.1, 0.15) is 18.1 Å². The molecule has 0 aromatic heterocycles. The Morgan fingerprint density at radius 1 is 1.12 bits per heavy atom. The van der Waals surface area contributed by atoms with E-state index >= 15 is 0 Å². The molecule has 3 aromatic rings. The molecule has 1 aliphatic heterocycles. The van der Waals surface area contributed by atoms with Crippen molar-refractivity contribution in [1.82, 2.24) is 4.90 Å². The molecular formula is C25H19BrFIN2O2S. The van der Waals surface area contributed by atoms with Gasteiger partial charge in [0.1, 0.15) is 18.2 Å². The SMILES string of the molecule is CCN1C(=O)/C(=C\c2cc(Br)ccc2OCc2ccc(I)cc2)SC1=Nc1ccc(F)cc1. The number of hydrogen-bond donors (Lipinski definition) is 0. The summed E-state index contributed by atoms with van der Waals surface area (Å²) >= 11 is 7.08. The predicted octanol–water partition coefficient (Wildman–Crippen LogP) is 7.40. The van der Waals surface area contributed by atoms with E-state index in [9.17, 15) is 9.18 Å². The molecular weight excluding hydrogens is 618 g/mol. The number of halogens is 3. The number of benzene rings is 3. The fraction of sp³-hybridized carbons (Fsp3) is 0.120. The van der Waals surface area contributed by atoms with E-state index in [1.54, 1.807) is 17.0 Å². The van der Waals surface area contributed by atoms with Gasteiger partial charge in [0.05, 0.1) is 10.6 Å². The molecule has 4 rings (SSSR count). The molecule has 168 valence electrons. The number of thioether (sulfide) groups is 1. The molecule has 1 heterocycles. The molecule has 0 spiro atoms. The van der Waals surface area contributed by atoms with Crippen molar-refractivity contribution in [2.45, 2.75) is 13.5 Å². The Kier molecular flexibility index (Phi) is 7.87. The Hall–Kier alpha value is -2.17. The van der Waals surface area contributed by atoms with Crippen LogP contribution in [0, 0.1) is 9.39 Å². The van der Waals surface area contributed by atoms with Crippen LogP contribution in [0.4, 0.5) is 10.1 Å². The molecule has 4 nitrogen and oxygen atoms in total. The monoisotopic (exact) mass is 636 g/mol. The summed E-state index contributed by atoms with van der Waals surface area (Å²) in [5, 5.41) is 0.566. The maximum absolute atomic E-state index is 13.2. The summed E-state index contributed by atoms with van der Waals surface area (Å²) in [6.45, 7) is 2.81. The van der Waals surface area contributed by atoms with Crippen LogP contribution >= 0.6 is 50.3 Å². The van der Waals surface area contributed by atoms with Crippen LogP contribution in [0.5, 0.6) is 5.75 Å². The van der Waals surface area contributed by atoms with E-state index in [1.807, 2.05) is 55.5 Å². The van der Waals surface area contributed by atoms with Gasteiger partial charge in [-0.25, -0.2) is 9.38 Å². The first kappa shape index (κ1) is 24.0. The molecule has 3 aromatic carbocycles. The van der Waals surface area contributed by atoms with Gasteiger partial charge in [-0.1, -0.05) is 28.1 Å². The average molecular weight is 637 g/mol. The maximum Gasteiger partial charge on any atom is 0.266 e. The first-order valence-electron chi connectivity index (χ1n) is 10.2. The first-order valence-corrected chi connectivity index (χ1v) is 12.8. The first-order chi connectivity index (χ1) is 15.9. The highest BCUT2D eigenvalue weighted by Crippen LogP contribution is 2.36. The number of aliphatic imine (C=N–C) groups is 1. The molecule has 0 atom stereocenters. The van der Waals surface area contributed by atoms with E-state index in [0.717, 1.165) is 15.6 Å². The molecule has 1 aliphatic rings. The quantitative estimate of drug-likeness (QED) is 0.209. The van der Waals surface area contributed by atoms with Crippen molar-refractivity contribution in [1.29, 1.82) is 0 Å². The Morgan fingerprint density at radius 2 is 1.85 bits per heavy atom. The van der Waals surface area contributed by atoms with Crippen LogP contribution in [-0.2, 0) is 11.4 Å².